The van der Waals surface area contributed by atoms with Gasteiger partial charge in [0.25, 0.3) is 0 Å². The molecule has 2 atom stereocenters. The first-order chi connectivity index (χ1) is 14.3. The Labute approximate surface area is 194 Å². The van der Waals surface area contributed by atoms with E-state index in [-0.39, 0.29) is 30.1 Å². The average Bonchev–Trinajstić information content (AvgIpc) is 3.45. The Balaban J connectivity index is 0.00000256. The number of nitrogens with zero attached hydrogens (tertiary/aromatic N) is 2. The molecule has 1 aliphatic heterocycles. The van der Waals surface area contributed by atoms with Crippen molar-refractivity contribution in [1.29, 1.82) is 0 Å². The van der Waals surface area contributed by atoms with E-state index in [1.54, 1.807) is 13.3 Å². The molecule has 1 fully saturated rings. The van der Waals surface area contributed by atoms with Crippen molar-refractivity contribution in [2.45, 2.75) is 19.1 Å². The van der Waals surface area contributed by atoms with Gasteiger partial charge in [-0.25, -0.2) is 4.98 Å². The summed E-state index contributed by atoms with van der Waals surface area (Å²) in [5.41, 5.74) is 3.03. The SMILES string of the molecule is CN=C(NCc1coc(-c2ccccc2)n1)NCC1CCOC1c1ccccc1.I. The van der Waals surface area contributed by atoms with Gasteiger partial charge in [-0.1, -0.05) is 48.5 Å². The van der Waals surface area contributed by atoms with E-state index >= 15 is 0 Å². The van der Waals surface area contributed by atoms with Gasteiger partial charge in [-0.15, -0.1) is 24.0 Å². The van der Waals surface area contributed by atoms with E-state index in [1.807, 2.05) is 36.4 Å². The Morgan fingerprint density at radius 3 is 2.53 bits per heavy atom. The first-order valence-electron chi connectivity index (χ1n) is 9.94. The number of rotatable bonds is 6. The van der Waals surface area contributed by atoms with Crippen LogP contribution in [-0.4, -0.2) is 31.1 Å². The van der Waals surface area contributed by atoms with E-state index in [1.165, 1.54) is 5.56 Å². The van der Waals surface area contributed by atoms with Gasteiger partial charge in [0.05, 0.1) is 18.3 Å². The van der Waals surface area contributed by atoms with Crippen LogP contribution in [0.2, 0.25) is 0 Å². The summed E-state index contributed by atoms with van der Waals surface area (Å²) in [5.74, 6) is 1.78. The quantitative estimate of drug-likeness (QED) is 0.288. The second kappa shape index (κ2) is 11.1. The molecule has 0 saturated carbocycles. The molecular weight excluding hydrogens is 491 g/mol. The third-order valence-corrected chi connectivity index (χ3v) is 5.11. The highest BCUT2D eigenvalue weighted by Gasteiger charge is 2.29. The van der Waals surface area contributed by atoms with Crippen LogP contribution < -0.4 is 10.6 Å². The lowest BCUT2D eigenvalue weighted by atomic mass is 9.95. The number of aromatic nitrogens is 1. The zero-order valence-corrected chi connectivity index (χ0v) is 19.3. The molecule has 0 spiro atoms. The highest BCUT2D eigenvalue weighted by Crippen LogP contribution is 2.33. The van der Waals surface area contributed by atoms with Crippen LogP contribution in [0.4, 0.5) is 0 Å². The Hall–Kier alpha value is -2.39. The number of oxazole rings is 1. The number of nitrogens with one attached hydrogen (secondary N) is 2. The van der Waals surface area contributed by atoms with Gasteiger partial charge in [0.2, 0.25) is 5.89 Å². The van der Waals surface area contributed by atoms with Gasteiger partial charge in [-0.3, -0.25) is 4.99 Å². The fourth-order valence-electron chi connectivity index (χ4n) is 3.58. The molecular formula is C23H27IN4O2. The number of halogens is 1. The number of benzene rings is 2. The van der Waals surface area contributed by atoms with E-state index in [4.69, 9.17) is 9.15 Å². The van der Waals surface area contributed by atoms with Crippen molar-refractivity contribution < 1.29 is 9.15 Å². The van der Waals surface area contributed by atoms with Crippen LogP contribution in [0, 0.1) is 5.92 Å². The highest BCUT2D eigenvalue weighted by molar-refractivity contribution is 14.0. The van der Waals surface area contributed by atoms with E-state index in [9.17, 15) is 0 Å². The van der Waals surface area contributed by atoms with Crippen LogP contribution >= 0.6 is 24.0 Å². The molecule has 6 nitrogen and oxygen atoms in total. The Bertz CT molecular complexity index is 931. The summed E-state index contributed by atoms with van der Waals surface area (Å²) in [6.45, 7) is 2.13. The molecule has 3 aromatic rings. The zero-order chi connectivity index (χ0) is 19.9. The monoisotopic (exact) mass is 518 g/mol. The van der Waals surface area contributed by atoms with Crippen LogP contribution in [0.5, 0.6) is 0 Å². The van der Waals surface area contributed by atoms with Gasteiger partial charge in [-0.2, -0.15) is 0 Å². The molecule has 2 aromatic carbocycles. The van der Waals surface area contributed by atoms with Crippen molar-refractivity contribution >= 4 is 29.9 Å². The maximum absolute atomic E-state index is 5.97. The van der Waals surface area contributed by atoms with Gasteiger partial charge in [0.1, 0.15) is 6.26 Å². The second-order valence-electron chi connectivity index (χ2n) is 7.07. The highest BCUT2D eigenvalue weighted by atomic mass is 127. The van der Waals surface area contributed by atoms with Gasteiger partial charge < -0.3 is 19.8 Å². The van der Waals surface area contributed by atoms with Crippen LogP contribution in [0.1, 0.15) is 23.8 Å². The predicted octanol–water partition coefficient (Wildman–Crippen LogP) is 4.40. The van der Waals surface area contributed by atoms with Crippen LogP contribution in [0.25, 0.3) is 11.5 Å². The van der Waals surface area contributed by atoms with Crippen molar-refractivity contribution in [3.05, 3.63) is 78.2 Å². The Kier molecular flexibility index (Phi) is 8.27. The molecule has 0 bridgehead atoms. The summed E-state index contributed by atoms with van der Waals surface area (Å²) in [5, 5.41) is 6.72. The molecule has 2 unspecified atom stereocenters. The number of aliphatic imine (C=N–C) groups is 1. The van der Waals surface area contributed by atoms with Crippen LogP contribution in [-0.2, 0) is 11.3 Å². The molecule has 0 amide bonds. The normalized spacial score (nSPS) is 18.6. The molecule has 2 N–H and O–H groups in total. The van der Waals surface area contributed by atoms with Crippen LogP contribution in [0.15, 0.2) is 76.3 Å². The molecule has 1 aromatic heterocycles. The molecule has 0 radical (unpaired) electrons. The molecule has 7 heteroatoms. The van der Waals surface area contributed by atoms with Crippen LogP contribution in [0.3, 0.4) is 0 Å². The largest absolute Gasteiger partial charge is 0.444 e. The summed E-state index contributed by atoms with van der Waals surface area (Å²) in [4.78, 5) is 8.87. The van der Waals surface area contributed by atoms with Crippen molar-refractivity contribution in [2.75, 3.05) is 20.2 Å². The van der Waals surface area contributed by atoms with E-state index in [0.717, 1.165) is 36.8 Å². The number of ether oxygens (including phenoxy) is 1. The molecule has 158 valence electrons. The Morgan fingerprint density at radius 1 is 1.07 bits per heavy atom. The zero-order valence-electron chi connectivity index (χ0n) is 17.0. The summed E-state index contributed by atoms with van der Waals surface area (Å²) in [7, 11) is 1.77. The third-order valence-electron chi connectivity index (χ3n) is 5.11. The van der Waals surface area contributed by atoms with E-state index in [0.29, 0.717) is 18.4 Å². The summed E-state index contributed by atoms with van der Waals surface area (Å²) >= 11 is 0. The maximum Gasteiger partial charge on any atom is 0.226 e. The molecule has 1 saturated heterocycles. The van der Waals surface area contributed by atoms with E-state index in [2.05, 4.69) is 44.9 Å². The first-order valence-corrected chi connectivity index (χ1v) is 9.94. The van der Waals surface area contributed by atoms with Crippen molar-refractivity contribution in [2.24, 2.45) is 10.9 Å². The summed E-state index contributed by atoms with van der Waals surface area (Å²) in [6, 6.07) is 20.3. The number of hydrogen-bond donors (Lipinski definition) is 2. The Morgan fingerprint density at radius 2 is 1.80 bits per heavy atom. The van der Waals surface area contributed by atoms with Crippen molar-refractivity contribution in [3.8, 4) is 11.5 Å². The molecule has 0 aliphatic carbocycles. The lowest BCUT2D eigenvalue weighted by Gasteiger charge is -2.20. The summed E-state index contributed by atoms with van der Waals surface area (Å²) in [6.07, 6.45) is 2.84. The minimum atomic E-state index is 0. The lowest BCUT2D eigenvalue weighted by molar-refractivity contribution is 0.0915. The second-order valence-corrected chi connectivity index (χ2v) is 7.07. The molecule has 1 aliphatic rings. The predicted molar refractivity (Wildman–Crippen MR) is 129 cm³/mol. The smallest absolute Gasteiger partial charge is 0.226 e. The minimum Gasteiger partial charge on any atom is -0.444 e. The van der Waals surface area contributed by atoms with Crippen molar-refractivity contribution in [1.82, 2.24) is 15.6 Å². The number of guanidine groups is 1. The standard InChI is InChI=1S/C23H26N4O2.HI/c1-24-23(25-14-19-12-13-28-21(19)17-8-4-2-5-9-17)26-15-20-16-29-22(27-20)18-10-6-3-7-11-18;/h2-11,16,19,21H,12-15H2,1H3,(H2,24,25,26);1H. The maximum atomic E-state index is 5.97. The first kappa shape index (κ1) is 22.3. The van der Waals surface area contributed by atoms with Gasteiger partial charge >= 0.3 is 0 Å². The summed E-state index contributed by atoms with van der Waals surface area (Å²) < 4.78 is 11.6. The molecule has 30 heavy (non-hydrogen) atoms. The lowest BCUT2D eigenvalue weighted by Crippen LogP contribution is -2.39. The minimum absolute atomic E-state index is 0. The van der Waals surface area contributed by atoms with Gasteiger partial charge in [0.15, 0.2) is 5.96 Å². The van der Waals surface area contributed by atoms with Gasteiger partial charge in [0, 0.05) is 31.7 Å². The third kappa shape index (κ3) is 5.60. The molecule has 2 heterocycles. The van der Waals surface area contributed by atoms with E-state index < -0.39 is 0 Å². The average molecular weight is 518 g/mol. The molecule has 4 rings (SSSR count). The number of hydrogen-bond acceptors (Lipinski definition) is 4. The van der Waals surface area contributed by atoms with Crippen molar-refractivity contribution in [3.63, 3.8) is 0 Å². The van der Waals surface area contributed by atoms with Gasteiger partial charge in [-0.05, 0) is 24.1 Å². The fraction of sp³-hybridized carbons (Fsp3) is 0.304. The fourth-order valence-corrected chi connectivity index (χ4v) is 3.58. The topological polar surface area (TPSA) is 71.7 Å².